The van der Waals surface area contributed by atoms with Gasteiger partial charge in [-0.3, -0.25) is 14.5 Å². The summed E-state index contributed by atoms with van der Waals surface area (Å²) in [7, 11) is 0. The van der Waals surface area contributed by atoms with Crippen molar-refractivity contribution in [3.05, 3.63) is 86.3 Å². The van der Waals surface area contributed by atoms with Gasteiger partial charge in [0, 0.05) is 74.5 Å². The van der Waals surface area contributed by atoms with Crippen LogP contribution in [-0.4, -0.2) is 65.9 Å². The highest BCUT2D eigenvalue weighted by Crippen LogP contribution is 2.34. The van der Waals surface area contributed by atoms with E-state index in [0.717, 1.165) is 85.7 Å². The summed E-state index contributed by atoms with van der Waals surface area (Å²) in [6.07, 6.45) is 2.50. The van der Waals surface area contributed by atoms with Gasteiger partial charge in [0.25, 0.3) is 11.5 Å². The van der Waals surface area contributed by atoms with E-state index in [1.54, 1.807) is 0 Å². The smallest absolute Gasteiger partial charge is 0.253 e. The number of hydrogen-bond acceptors (Lipinski definition) is 6. The zero-order chi connectivity index (χ0) is 29.8. The number of H-pyrrole nitrogens is 1. The number of nitrogens with zero attached hydrogens (tertiary/aromatic N) is 2. The predicted octanol–water partition coefficient (Wildman–Crippen LogP) is 4.47. The minimum absolute atomic E-state index is 0.163. The van der Waals surface area contributed by atoms with Crippen LogP contribution >= 0.6 is 0 Å². The number of likely N-dealkylation sites (tertiary alicyclic amines) is 1. The molecule has 2 aliphatic heterocycles. The first-order chi connectivity index (χ1) is 20.2. The van der Waals surface area contributed by atoms with Crippen molar-refractivity contribution >= 4 is 11.6 Å². The predicted molar refractivity (Wildman–Crippen MR) is 167 cm³/mol. The molecular weight excluding hydrogens is 528 g/mol. The third-order valence-electron chi connectivity index (χ3n) is 8.77. The molecule has 8 heteroatoms. The van der Waals surface area contributed by atoms with Gasteiger partial charge in [0.2, 0.25) is 0 Å². The van der Waals surface area contributed by atoms with Gasteiger partial charge in [-0.2, -0.15) is 0 Å². The highest BCUT2D eigenvalue weighted by Gasteiger charge is 2.25. The van der Waals surface area contributed by atoms with Crippen LogP contribution in [0.2, 0.25) is 0 Å². The van der Waals surface area contributed by atoms with Gasteiger partial charge in [-0.05, 0) is 93.0 Å². The van der Waals surface area contributed by atoms with Crippen molar-refractivity contribution in [3.63, 3.8) is 0 Å². The van der Waals surface area contributed by atoms with Crippen molar-refractivity contribution in [3.8, 4) is 11.1 Å². The average Bonchev–Trinajstić information content (AvgIpc) is 3.38. The molecule has 2 aliphatic rings. The average molecular weight is 573 g/mol. The molecular formula is C34H44N4O4. The Hall–Kier alpha value is -3.46. The number of nitrogens with one attached hydrogen (secondary N) is 2. The maximum Gasteiger partial charge on any atom is 0.253 e. The van der Waals surface area contributed by atoms with Crippen LogP contribution in [0.3, 0.4) is 0 Å². The zero-order valence-electron chi connectivity index (χ0n) is 25.3. The third-order valence-corrected chi connectivity index (χ3v) is 8.77. The quantitative estimate of drug-likeness (QED) is 0.350. The van der Waals surface area contributed by atoms with Crippen LogP contribution in [0.25, 0.3) is 11.1 Å². The minimum Gasteiger partial charge on any atom is -0.392 e. The van der Waals surface area contributed by atoms with Crippen molar-refractivity contribution in [1.29, 1.82) is 0 Å². The van der Waals surface area contributed by atoms with Gasteiger partial charge in [0.1, 0.15) is 0 Å². The first-order valence-corrected chi connectivity index (χ1v) is 15.2. The molecule has 0 spiro atoms. The molecule has 2 fully saturated rings. The Morgan fingerprint density at radius 3 is 2.45 bits per heavy atom. The molecule has 1 aromatic heterocycles. The van der Waals surface area contributed by atoms with E-state index in [0.29, 0.717) is 23.7 Å². The van der Waals surface area contributed by atoms with Gasteiger partial charge in [0.05, 0.1) is 6.10 Å². The highest BCUT2D eigenvalue weighted by molar-refractivity contribution is 5.99. The molecule has 0 aliphatic carbocycles. The SMILES string of the molecule is CCN(c1cc(-c2ccc(CN3CC[C@@H](O)C3)cc2)cc(C(=O)NCc2c(C)cc(C)[nH]c2=O)c1C)C1CCOCC1. The van der Waals surface area contributed by atoms with E-state index >= 15 is 0 Å². The summed E-state index contributed by atoms with van der Waals surface area (Å²) in [6, 6.07) is 15.0. The summed E-state index contributed by atoms with van der Waals surface area (Å²) in [4.78, 5) is 33.9. The number of hydrogen-bond donors (Lipinski definition) is 3. The van der Waals surface area contributed by atoms with Gasteiger partial charge in [-0.15, -0.1) is 0 Å². The lowest BCUT2D eigenvalue weighted by Gasteiger charge is -2.37. The Balaban J connectivity index is 1.46. The van der Waals surface area contributed by atoms with Crippen molar-refractivity contribution in [2.24, 2.45) is 0 Å². The van der Waals surface area contributed by atoms with E-state index < -0.39 is 0 Å². The van der Waals surface area contributed by atoms with Crippen molar-refractivity contribution < 1.29 is 14.6 Å². The molecule has 1 amide bonds. The van der Waals surface area contributed by atoms with Crippen LogP contribution in [0, 0.1) is 20.8 Å². The topological polar surface area (TPSA) is 97.9 Å². The second kappa shape index (κ2) is 13.2. The summed E-state index contributed by atoms with van der Waals surface area (Å²) in [5, 5.41) is 12.9. The number of aromatic nitrogens is 1. The molecule has 3 aromatic rings. The summed E-state index contributed by atoms with van der Waals surface area (Å²) in [6.45, 7) is 12.9. The molecule has 0 unspecified atom stereocenters. The number of aryl methyl sites for hydroxylation is 2. The van der Waals surface area contributed by atoms with Crippen LogP contribution in [0.1, 0.15) is 64.5 Å². The Labute approximate surface area is 248 Å². The minimum atomic E-state index is -0.231. The number of anilines is 1. The summed E-state index contributed by atoms with van der Waals surface area (Å²) >= 11 is 0. The highest BCUT2D eigenvalue weighted by atomic mass is 16.5. The van der Waals surface area contributed by atoms with Gasteiger partial charge in [-0.25, -0.2) is 0 Å². The van der Waals surface area contributed by atoms with E-state index in [2.05, 4.69) is 57.4 Å². The lowest BCUT2D eigenvalue weighted by molar-refractivity contribution is 0.0846. The van der Waals surface area contributed by atoms with Gasteiger partial charge in [-0.1, -0.05) is 24.3 Å². The Morgan fingerprint density at radius 1 is 1.07 bits per heavy atom. The standard InChI is InChI=1S/C34H44N4O4/c1-5-38(28-11-14-42-15-12-28)32-18-27(26-8-6-25(7-9-26)20-37-13-10-29(39)21-37)17-30(24(32)4)33(40)35-19-31-22(2)16-23(3)36-34(31)41/h6-9,16-18,28-29,39H,5,10-15,19-21H2,1-4H3,(H,35,40)(H,36,41)/t29-/m1/s1. The van der Waals surface area contributed by atoms with Gasteiger partial charge in [0.15, 0.2) is 0 Å². The fourth-order valence-corrected chi connectivity index (χ4v) is 6.40. The summed E-state index contributed by atoms with van der Waals surface area (Å²) < 4.78 is 5.64. The van der Waals surface area contributed by atoms with Crippen LogP contribution in [0.5, 0.6) is 0 Å². The van der Waals surface area contributed by atoms with E-state index in [1.807, 2.05) is 32.9 Å². The second-order valence-electron chi connectivity index (χ2n) is 11.8. The molecule has 0 bridgehead atoms. The molecule has 1 atom stereocenters. The number of carbonyl (C=O) groups excluding carboxylic acids is 1. The number of aliphatic hydroxyl groups is 1. The lowest BCUT2D eigenvalue weighted by atomic mass is 9.94. The third kappa shape index (κ3) is 6.77. The maximum atomic E-state index is 13.7. The molecule has 0 radical (unpaired) electrons. The molecule has 2 saturated heterocycles. The lowest BCUT2D eigenvalue weighted by Crippen LogP contribution is -2.40. The molecule has 3 N–H and O–H groups in total. The second-order valence-corrected chi connectivity index (χ2v) is 11.8. The van der Waals surface area contributed by atoms with Crippen LogP contribution in [-0.2, 0) is 17.8 Å². The number of aliphatic hydroxyl groups excluding tert-OH is 1. The molecule has 3 heterocycles. The number of benzene rings is 2. The van der Waals surface area contributed by atoms with Gasteiger partial charge >= 0.3 is 0 Å². The Morgan fingerprint density at radius 2 is 1.81 bits per heavy atom. The van der Waals surface area contributed by atoms with Crippen LogP contribution in [0.15, 0.2) is 47.3 Å². The van der Waals surface area contributed by atoms with Crippen molar-refractivity contribution in [1.82, 2.24) is 15.2 Å². The Kier molecular flexibility index (Phi) is 9.46. The largest absolute Gasteiger partial charge is 0.392 e. The van der Waals surface area contributed by atoms with E-state index in [-0.39, 0.29) is 24.1 Å². The van der Waals surface area contributed by atoms with Crippen LogP contribution < -0.4 is 15.8 Å². The number of aromatic amines is 1. The molecule has 42 heavy (non-hydrogen) atoms. The zero-order valence-corrected chi connectivity index (χ0v) is 25.3. The number of rotatable bonds is 9. The summed E-state index contributed by atoms with van der Waals surface area (Å²) in [5.41, 5.74) is 7.91. The molecule has 224 valence electrons. The molecule has 5 rings (SSSR count). The fraction of sp³-hybridized carbons (Fsp3) is 0.471. The van der Waals surface area contributed by atoms with E-state index in [9.17, 15) is 14.7 Å². The monoisotopic (exact) mass is 572 g/mol. The number of β-amino-alcohol motifs (C(OH)–C–C–N with tert-alkyl or cyclic N) is 1. The number of carbonyl (C=O) groups is 1. The molecule has 0 saturated carbocycles. The summed E-state index contributed by atoms with van der Waals surface area (Å²) in [5.74, 6) is -0.192. The first-order valence-electron chi connectivity index (χ1n) is 15.2. The fourth-order valence-electron chi connectivity index (χ4n) is 6.40. The van der Waals surface area contributed by atoms with E-state index in [1.165, 1.54) is 5.56 Å². The van der Waals surface area contributed by atoms with Crippen molar-refractivity contribution in [2.75, 3.05) is 37.7 Å². The number of ether oxygens (including phenoxy) is 1. The number of amides is 1. The molecule has 8 nitrogen and oxygen atoms in total. The maximum absolute atomic E-state index is 13.7. The Bertz CT molecular complexity index is 1460. The van der Waals surface area contributed by atoms with E-state index in [4.69, 9.17) is 4.74 Å². The van der Waals surface area contributed by atoms with Crippen molar-refractivity contribution in [2.45, 2.75) is 72.2 Å². The number of pyridine rings is 1. The normalized spacial score (nSPS) is 17.9. The van der Waals surface area contributed by atoms with Gasteiger partial charge < -0.3 is 25.0 Å². The first kappa shape index (κ1) is 30.0. The molecule has 2 aromatic carbocycles. The van der Waals surface area contributed by atoms with Crippen LogP contribution in [0.4, 0.5) is 5.69 Å².